The van der Waals surface area contributed by atoms with Crippen molar-refractivity contribution in [3.8, 4) is 0 Å². The predicted molar refractivity (Wildman–Crippen MR) is 86.2 cm³/mol. The van der Waals surface area contributed by atoms with Gasteiger partial charge in [0.2, 0.25) is 10.0 Å². The van der Waals surface area contributed by atoms with Crippen molar-refractivity contribution in [3.05, 3.63) is 39.0 Å². The van der Waals surface area contributed by atoms with Gasteiger partial charge in [0, 0.05) is 6.54 Å². The van der Waals surface area contributed by atoms with E-state index in [1.807, 2.05) is 0 Å². The Morgan fingerprint density at radius 2 is 1.86 bits per heavy atom. The Hall–Kier alpha value is -1.68. The highest BCUT2D eigenvalue weighted by atomic mass is 35.5. The molecule has 0 bridgehead atoms. The van der Waals surface area contributed by atoms with Gasteiger partial charge in [-0.05, 0) is 38.2 Å². The van der Waals surface area contributed by atoms with E-state index in [4.69, 9.17) is 0 Å². The first-order chi connectivity index (χ1) is 9.94. The van der Waals surface area contributed by atoms with E-state index in [2.05, 4.69) is 20.0 Å². The van der Waals surface area contributed by atoms with Crippen LogP contribution in [0, 0.1) is 0 Å². The van der Waals surface area contributed by atoms with Gasteiger partial charge >= 0.3 is 5.69 Å². The molecule has 0 saturated carbocycles. The van der Waals surface area contributed by atoms with Crippen molar-refractivity contribution in [3.63, 3.8) is 0 Å². The molecule has 0 aliphatic carbocycles. The highest BCUT2D eigenvalue weighted by molar-refractivity contribution is 7.89. The molecule has 122 valence electrons. The molecular formula is C12H17ClN4O4S. The summed E-state index contributed by atoms with van der Waals surface area (Å²) in [7, 11) is -1.90. The van der Waals surface area contributed by atoms with Crippen molar-refractivity contribution in [2.45, 2.75) is 11.3 Å². The Morgan fingerprint density at radius 1 is 1.14 bits per heavy atom. The molecule has 0 unspecified atom stereocenters. The van der Waals surface area contributed by atoms with E-state index in [0.29, 0.717) is 19.5 Å². The number of H-pyrrole nitrogens is 2. The first-order valence-electron chi connectivity index (χ1n) is 6.34. The number of hydrogen-bond acceptors (Lipinski definition) is 5. The number of sulfonamides is 1. The normalized spacial score (nSPS) is 11.3. The Bertz CT molecular complexity index is 859. The maximum absolute atomic E-state index is 12.1. The van der Waals surface area contributed by atoms with Gasteiger partial charge in [0.25, 0.3) is 5.56 Å². The molecule has 1 aromatic carbocycles. The molecule has 0 aliphatic rings. The summed E-state index contributed by atoms with van der Waals surface area (Å²) in [5, 5.41) is 3.03. The van der Waals surface area contributed by atoms with Crippen molar-refractivity contribution < 1.29 is 8.42 Å². The van der Waals surface area contributed by atoms with Crippen molar-refractivity contribution in [1.82, 2.24) is 20.0 Å². The van der Waals surface area contributed by atoms with E-state index in [9.17, 15) is 18.0 Å². The molecular weight excluding hydrogens is 332 g/mol. The average molecular weight is 349 g/mol. The fourth-order valence-electron chi connectivity index (χ4n) is 1.87. The SMILES string of the molecule is CNCCCNS(=O)(=O)c1ccc2[nH]c(=O)[nH]c(=O)c2c1.Cl. The van der Waals surface area contributed by atoms with Gasteiger partial charge in [0.05, 0.1) is 15.8 Å². The third-order valence-corrected chi connectivity index (χ3v) is 4.38. The monoisotopic (exact) mass is 348 g/mol. The zero-order chi connectivity index (χ0) is 15.5. The van der Waals surface area contributed by atoms with E-state index in [-0.39, 0.29) is 28.2 Å². The second kappa shape index (κ2) is 7.54. The van der Waals surface area contributed by atoms with E-state index >= 15 is 0 Å². The van der Waals surface area contributed by atoms with E-state index in [0.717, 1.165) is 0 Å². The van der Waals surface area contributed by atoms with Crippen LogP contribution in [-0.4, -0.2) is 38.5 Å². The molecule has 8 nitrogen and oxygen atoms in total. The van der Waals surface area contributed by atoms with Crippen LogP contribution in [0.1, 0.15) is 6.42 Å². The number of halogens is 1. The molecule has 4 N–H and O–H groups in total. The third kappa shape index (κ3) is 4.17. The van der Waals surface area contributed by atoms with Crippen molar-refractivity contribution in [2.24, 2.45) is 0 Å². The van der Waals surface area contributed by atoms with E-state index in [1.165, 1.54) is 18.2 Å². The molecule has 0 radical (unpaired) electrons. The topological polar surface area (TPSA) is 124 Å². The molecule has 0 amide bonds. The molecule has 10 heteroatoms. The lowest BCUT2D eigenvalue weighted by atomic mass is 10.2. The smallest absolute Gasteiger partial charge is 0.320 e. The van der Waals surface area contributed by atoms with Gasteiger partial charge < -0.3 is 10.3 Å². The van der Waals surface area contributed by atoms with Crippen LogP contribution < -0.4 is 21.3 Å². The van der Waals surface area contributed by atoms with Crippen LogP contribution in [0.15, 0.2) is 32.7 Å². The van der Waals surface area contributed by atoms with E-state index < -0.39 is 21.3 Å². The number of hydrogen-bond donors (Lipinski definition) is 4. The Balaban J connectivity index is 0.00000242. The maximum Gasteiger partial charge on any atom is 0.326 e. The number of fused-ring (bicyclic) bond motifs is 1. The zero-order valence-electron chi connectivity index (χ0n) is 11.8. The van der Waals surface area contributed by atoms with Gasteiger partial charge in [0.15, 0.2) is 0 Å². The van der Waals surface area contributed by atoms with Gasteiger partial charge in [-0.15, -0.1) is 12.4 Å². The van der Waals surface area contributed by atoms with Gasteiger partial charge in [-0.2, -0.15) is 0 Å². The van der Waals surface area contributed by atoms with Gasteiger partial charge in [0.1, 0.15) is 0 Å². The van der Waals surface area contributed by atoms with Crippen LogP contribution in [0.25, 0.3) is 10.9 Å². The molecule has 2 rings (SSSR count). The molecule has 2 aromatic rings. The summed E-state index contributed by atoms with van der Waals surface area (Å²) in [6, 6.07) is 3.98. The molecule has 0 fully saturated rings. The summed E-state index contributed by atoms with van der Waals surface area (Å²) in [4.78, 5) is 27.3. The van der Waals surface area contributed by atoms with Crippen LogP contribution >= 0.6 is 12.4 Å². The fraction of sp³-hybridized carbons (Fsp3) is 0.333. The van der Waals surface area contributed by atoms with Crippen LogP contribution in [-0.2, 0) is 10.0 Å². The fourth-order valence-corrected chi connectivity index (χ4v) is 2.97. The Kier molecular flexibility index (Phi) is 6.30. The predicted octanol–water partition coefficient (Wildman–Crippen LogP) is -0.474. The quantitative estimate of drug-likeness (QED) is 0.525. The maximum atomic E-state index is 12.1. The standard InChI is InChI=1S/C12H16N4O4S.ClH/c1-13-5-2-6-14-21(19,20)8-3-4-10-9(7-8)11(17)16-12(18)15-10;/h3-4,7,13-14H,2,5-6H2,1H3,(H2,15,16,17,18);1H. The minimum absolute atomic E-state index is 0. The van der Waals surface area contributed by atoms with Crippen LogP contribution in [0.4, 0.5) is 0 Å². The average Bonchev–Trinajstić information content (AvgIpc) is 2.43. The largest absolute Gasteiger partial charge is 0.326 e. The molecule has 0 saturated heterocycles. The molecule has 0 aliphatic heterocycles. The molecule has 1 aromatic heterocycles. The molecule has 22 heavy (non-hydrogen) atoms. The van der Waals surface area contributed by atoms with Crippen LogP contribution in [0.3, 0.4) is 0 Å². The lowest BCUT2D eigenvalue weighted by Gasteiger charge is -2.07. The Morgan fingerprint density at radius 3 is 2.55 bits per heavy atom. The zero-order valence-corrected chi connectivity index (χ0v) is 13.4. The second-order valence-electron chi connectivity index (χ2n) is 4.47. The summed E-state index contributed by atoms with van der Waals surface area (Å²) in [6.07, 6.45) is 0.650. The van der Waals surface area contributed by atoms with Crippen molar-refractivity contribution in [1.29, 1.82) is 0 Å². The first kappa shape index (κ1) is 18.4. The number of nitrogens with one attached hydrogen (secondary N) is 4. The van der Waals surface area contributed by atoms with Gasteiger partial charge in [-0.25, -0.2) is 17.9 Å². The third-order valence-electron chi connectivity index (χ3n) is 2.92. The summed E-state index contributed by atoms with van der Waals surface area (Å²) < 4.78 is 26.7. The molecule has 0 spiro atoms. The highest BCUT2D eigenvalue weighted by Crippen LogP contribution is 2.13. The van der Waals surface area contributed by atoms with Crippen LogP contribution in [0.5, 0.6) is 0 Å². The molecule has 1 heterocycles. The summed E-state index contributed by atoms with van der Waals surface area (Å²) in [5.41, 5.74) is -0.966. The number of rotatable bonds is 6. The lowest BCUT2D eigenvalue weighted by Crippen LogP contribution is -2.27. The van der Waals surface area contributed by atoms with Gasteiger partial charge in [-0.1, -0.05) is 0 Å². The lowest BCUT2D eigenvalue weighted by molar-refractivity contribution is 0.577. The van der Waals surface area contributed by atoms with Gasteiger partial charge in [-0.3, -0.25) is 9.78 Å². The minimum Gasteiger partial charge on any atom is -0.320 e. The van der Waals surface area contributed by atoms with Crippen LogP contribution in [0.2, 0.25) is 0 Å². The van der Waals surface area contributed by atoms with Crippen molar-refractivity contribution in [2.75, 3.05) is 20.1 Å². The van der Waals surface area contributed by atoms with Crippen molar-refractivity contribution >= 4 is 33.3 Å². The first-order valence-corrected chi connectivity index (χ1v) is 7.83. The number of benzene rings is 1. The highest BCUT2D eigenvalue weighted by Gasteiger charge is 2.14. The summed E-state index contributed by atoms with van der Waals surface area (Å²) in [6.45, 7) is 0.990. The number of aromatic amines is 2. The number of aromatic nitrogens is 2. The van der Waals surface area contributed by atoms with E-state index in [1.54, 1.807) is 7.05 Å². The minimum atomic E-state index is -3.68. The molecule has 0 atom stereocenters. The Labute approximate surface area is 132 Å². The second-order valence-corrected chi connectivity index (χ2v) is 6.24. The summed E-state index contributed by atoms with van der Waals surface area (Å²) in [5.74, 6) is 0. The summed E-state index contributed by atoms with van der Waals surface area (Å²) >= 11 is 0.